The molecule has 0 spiro atoms. The number of rotatable bonds is 4. The van der Waals surface area contributed by atoms with Gasteiger partial charge in [0, 0.05) is 23.8 Å². The van der Waals surface area contributed by atoms with Gasteiger partial charge in [-0.05, 0) is 6.42 Å². The number of sulfone groups is 1. The molecule has 0 aromatic rings. The Morgan fingerprint density at radius 2 is 2.18 bits per heavy atom. The molecule has 1 amide bonds. The van der Waals surface area contributed by atoms with E-state index in [2.05, 4.69) is 0 Å². The van der Waals surface area contributed by atoms with Crippen LogP contribution in [0.1, 0.15) is 20.3 Å². The molecule has 1 saturated heterocycles. The maximum absolute atomic E-state index is 12.0. The molecule has 0 aliphatic carbocycles. The Morgan fingerprint density at radius 1 is 1.53 bits per heavy atom. The van der Waals surface area contributed by atoms with Crippen LogP contribution in [-0.2, 0) is 14.6 Å². The second-order valence-corrected chi connectivity index (χ2v) is 7.62. The Labute approximate surface area is 107 Å². The first kappa shape index (κ1) is 14.8. The van der Waals surface area contributed by atoms with Gasteiger partial charge >= 0.3 is 0 Å². The Bertz CT molecular complexity index is 370. The van der Waals surface area contributed by atoms with E-state index < -0.39 is 21.3 Å². The van der Waals surface area contributed by atoms with E-state index in [4.69, 9.17) is 5.73 Å². The highest BCUT2D eigenvalue weighted by atomic mass is 32.2. The van der Waals surface area contributed by atoms with Gasteiger partial charge in [0.2, 0.25) is 5.91 Å². The molecule has 7 heteroatoms. The number of hydrogen-bond acceptors (Lipinski definition) is 5. The molecule has 1 aliphatic heterocycles. The van der Waals surface area contributed by atoms with Gasteiger partial charge in [0.25, 0.3) is 0 Å². The van der Waals surface area contributed by atoms with Gasteiger partial charge in [-0.2, -0.15) is 11.8 Å². The van der Waals surface area contributed by atoms with Crippen LogP contribution in [0.25, 0.3) is 0 Å². The van der Waals surface area contributed by atoms with Crippen LogP contribution in [0.15, 0.2) is 0 Å². The Hall–Kier alpha value is -0.270. The molecule has 2 atom stereocenters. The first-order valence-corrected chi connectivity index (χ1v) is 8.66. The van der Waals surface area contributed by atoms with Gasteiger partial charge in [0.15, 0.2) is 9.84 Å². The smallest absolute Gasteiger partial charge is 0.240 e. The van der Waals surface area contributed by atoms with E-state index in [0.29, 0.717) is 18.7 Å². The van der Waals surface area contributed by atoms with Gasteiger partial charge in [-0.1, -0.05) is 13.8 Å². The van der Waals surface area contributed by atoms with E-state index >= 15 is 0 Å². The number of nitrogens with two attached hydrogens (primary N) is 1. The number of carbonyl (C=O) groups excluding carboxylic acids is 1. The molecular weight excluding hydrogens is 260 g/mol. The molecule has 1 unspecified atom stereocenters. The van der Waals surface area contributed by atoms with E-state index in [-0.39, 0.29) is 11.7 Å². The van der Waals surface area contributed by atoms with E-state index in [1.807, 2.05) is 6.92 Å². The number of thioether (sulfide) groups is 1. The lowest BCUT2D eigenvalue weighted by molar-refractivity contribution is -0.133. The van der Waals surface area contributed by atoms with Crippen LogP contribution in [0.3, 0.4) is 0 Å². The lowest BCUT2D eigenvalue weighted by Crippen LogP contribution is -2.55. The zero-order valence-electron chi connectivity index (χ0n) is 10.3. The summed E-state index contributed by atoms with van der Waals surface area (Å²) in [6.45, 7) is 3.91. The van der Waals surface area contributed by atoms with Gasteiger partial charge in [0.05, 0.1) is 6.04 Å². The quantitative estimate of drug-likeness (QED) is 0.787. The van der Waals surface area contributed by atoms with Crippen molar-refractivity contribution in [2.45, 2.75) is 31.7 Å². The fourth-order valence-electron chi connectivity index (χ4n) is 1.71. The first-order valence-electron chi connectivity index (χ1n) is 5.79. The van der Waals surface area contributed by atoms with Gasteiger partial charge in [0.1, 0.15) is 5.37 Å². The zero-order chi connectivity index (χ0) is 13.1. The average Bonchev–Trinajstić information content (AvgIpc) is 2.36. The third kappa shape index (κ3) is 3.35. The first-order chi connectivity index (χ1) is 7.94. The van der Waals surface area contributed by atoms with Crippen LogP contribution in [0.4, 0.5) is 0 Å². The van der Waals surface area contributed by atoms with Crippen molar-refractivity contribution in [2.75, 3.05) is 23.8 Å². The van der Waals surface area contributed by atoms with Gasteiger partial charge < -0.3 is 10.6 Å². The standard InChI is InChI=1S/C10H20N2O3S2/c1-3-8(11)10(13)12-5-6-16-7-9(12)17(14,15)4-2/h8-9H,3-7,11H2,1-2H3/t8-,9?/m1/s1. The van der Waals surface area contributed by atoms with Crippen LogP contribution >= 0.6 is 11.8 Å². The number of nitrogens with zero attached hydrogens (tertiary/aromatic N) is 1. The predicted octanol–water partition coefficient (Wildman–Crippen LogP) is 0.0599. The Kier molecular flexibility index (Phi) is 5.27. The molecule has 17 heavy (non-hydrogen) atoms. The third-order valence-corrected chi connectivity index (χ3v) is 6.23. The third-order valence-electron chi connectivity index (χ3n) is 2.94. The summed E-state index contributed by atoms with van der Waals surface area (Å²) in [6, 6.07) is -0.590. The summed E-state index contributed by atoms with van der Waals surface area (Å²) in [5.41, 5.74) is 5.70. The van der Waals surface area contributed by atoms with Crippen molar-refractivity contribution in [2.24, 2.45) is 5.73 Å². The summed E-state index contributed by atoms with van der Waals surface area (Å²) >= 11 is 1.57. The molecule has 5 nitrogen and oxygen atoms in total. The van der Waals surface area contributed by atoms with Crippen LogP contribution in [0.5, 0.6) is 0 Å². The summed E-state index contributed by atoms with van der Waals surface area (Å²) < 4.78 is 23.9. The van der Waals surface area contributed by atoms with Crippen molar-refractivity contribution < 1.29 is 13.2 Å². The average molecular weight is 280 g/mol. The lowest BCUT2D eigenvalue weighted by atomic mass is 10.2. The second-order valence-electron chi connectivity index (χ2n) is 4.03. The highest BCUT2D eigenvalue weighted by Gasteiger charge is 2.36. The van der Waals surface area contributed by atoms with Gasteiger partial charge in [-0.3, -0.25) is 4.79 Å². The Balaban J connectivity index is 2.91. The highest BCUT2D eigenvalue weighted by molar-refractivity contribution is 8.01. The van der Waals surface area contributed by atoms with Crippen LogP contribution in [0.2, 0.25) is 0 Å². The highest BCUT2D eigenvalue weighted by Crippen LogP contribution is 2.22. The largest absolute Gasteiger partial charge is 0.323 e. The van der Waals surface area contributed by atoms with Crippen molar-refractivity contribution in [3.05, 3.63) is 0 Å². The molecule has 0 bridgehead atoms. The zero-order valence-corrected chi connectivity index (χ0v) is 11.9. The lowest BCUT2D eigenvalue weighted by Gasteiger charge is -2.36. The monoisotopic (exact) mass is 280 g/mol. The van der Waals surface area contributed by atoms with Crippen molar-refractivity contribution >= 4 is 27.5 Å². The molecular formula is C10H20N2O3S2. The van der Waals surface area contributed by atoms with Gasteiger partial charge in [-0.15, -0.1) is 0 Å². The summed E-state index contributed by atoms with van der Waals surface area (Å²) in [7, 11) is -3.23. The minimum atomic E-state index is -3.23. The maximum atomic E-state index is 12.0. The normalized spacial score (nSPS) is 23.5. The fraction of sp³-hybridized carbons (Fsp3) is 0.900. The molecule has 0 aromatic carbocycles. The van der Waals surface area contributed by atoms with Crippen molar-refractivity contribution in [3.8, 4) is 0 Å². The number of amides is 1. The van der Waals surface area contributed by atoms with Crippen LogP contribution in [0, 0.1) is 0 Å². The van der Waals surface area contributed by atoms with E-state index in [0.717, 1.165) is 5.75 Å². The van der Waals surface area contributed by atoms with E-state index in [1.165, 1.54) is 4.90 Å². The molecule has 1 heterocycles. The van der Waals surface area contributed by atoms with Crippen molar-refractivity contribution in [3.63, 3.8) is 0 Å². The summed E-state index contributed by atoms with van der Waals surface area (Å²) in [6.07, 6.45) is 0.529. The van der Waals surface area contributed by atoms with Crippen LogP contribution < -0.4 is 5.73 Å². The number of hydrogen-bond donors (Lipinski definition) is 1. The van der Waals surface area contributed by atoms with E-state index in [1.54, 1.807) is 18.7 Å². The summed E-state index contributed by atoms with van der Waals surface area (Å²) in [5, 5.41) is -0.698. The minimum absolute atomic E-state index is 0.0589. The number of carbonyl (C=O) groups is 1. The summed E-state index contributed by atoms with van der Waals surface area (Å²) in [4.78, 5) is 13.5. The maximum Gasteiger partial charge on any atom is 0.240 e. The second kappa shape index (κ2) is 6.06. The molecule has 1 rings (SSSR count). The Morgan fingerprint density at radius 3 is 2.71 bits per heavy atom. The van der Waals surface area contributed by atoms with Crippen LogP contribution in [-0.4, -0.2) is 54.4 Å². The molecule has 100 valence electrons. The fourth-order valence-corrected chi connectivity index (χ4v) is 4.68. The molecule has 1 aliphatic rings. The van der Waals surface area contributed by atoms with Gasteiger partial charge in [-0.25, -0.2) is 8.42 Å². The van der Waals surface area contributed by atoms with E-state index in [9.17, 15) is 13.2 Å². The summed E-state index contributed by atoms with van der Waals surface area (Å²) in [5.74, 6) is 1.05. The van der Waals surface area contributed by atoms with Crippen molar-refractivity contribution in [1.29, 1.82) is 0 Å². The molecule has 0 aromatic heterocycles. The predicted molar refractivity (Wildman–Crippen MR) is 70.6 cm³/mol. The molecule has 0 radical (unpaired) electrons. The minimum Gasteiger partial charge on any atom is -0.323 e. The molecule has 1 fully saturated rings. The SMILES string of the molecule is CC[C@@H](N)C(=O)N1CCSCC1S(=O)(=O)CC. The molecule has 2 N–H and O–H groups in total. The van der Waals surface area contributed by atoms with Crippen molar-refractivity contribution in [1.82, 2.24) is 4.90 Å². The molecule has 0 saturated carbocycles. The topological polar surface area (TPSA) is 80.5 Å².